The van der Waals surface area contributed by atoms with Gasteiger partial charge in [0.1, 0.15) is 11.6 Å². The highest BCUT2D eigenvalue weighted by Gasteiger charge is 2.41. The van der Waals surface area contributed by atoms with Gasteiger partial charge in [-0.05, 0) is 57.1 Å². The summed E-state index contributed by atoms with van der Waals surface area (Å²) < 4.78 is 19.8. The molecule has 3 amide bonds. The van der Waals surface area contributed by atoms with Crippen LogP contribution in [0.5, 0.6) is 5.75 Å². The van der Waals surface area contributed by atoms with Crippen LogP contribution in [0.1, 0.15) is 64.9 Å². The minimum atomic E-state index is -0.762. The summed E-state index contributed by atoms with van der Waals surface area (Å²) in [6.45, 7) is 7.59. The number of hydrogen-bond donors (Lipinski definition) is 0. The fourth-order valence-electron chi connectivity index (χ4n) is 4.61. The molecule has 2 aliphatic rings. The van der Waals surface area contributed by atoms with Crippen LogP contribution in [0, 0.1) is 18.2 Å². The zero-order valence-corrected chi connectivity index (χ0v) is 25.3. The van der Waals surface area contributed by atoms with E-state index in [2.05, 4.69) is 31.9 Å². The lowest BCUT2D eigenvalue weighted by Gasteiger charge is -2.20. The Morgan fingerprint density at radius 3 is 2.22 bits per heavy atom. The van der Waals surface area contributed by atoms with Gasteiger partial charge in [0.2, 0.25) is 0 Å². The Bertz CT molecular complexity index is 1290. The SMILES string of the molecule is C#CC(C)Oc1cc(N2C(=O)C3=C(CCCC3)C2=O)c(F)cc1Cl.CCCN(CCC)C(=O)SCc1ccccc1. The van der Waals surface area contributed by atoms with Crippen molar-refractivity contribution in [2.24, 2.45) is 0 Å². The van der Waals surface area contributed by atoms with Gasteiger partial charge in [-0.3, -0.25) is 14.4 Å². The van der Waals surface area contributed by atoms with Crippen molar-refractivity contribution in [2.45, 2.75) is 71.2 Å². The van der Waals surface area contributed by atoms with Crippen LogP contribution in [0.3, 0.4) is 0 Å². The third-order valence-corrected chi connectivity index (χ3v) is 7.90. The van der Waals surface area contributed by atoms with Gasteiger partial charge in [-0.1, -0.05) is 73.5 Å². The number of rotatable bonds is 9. The average molecular weight is 599 g/mol. The predicted octanol–water partition coefficient (Wildman–Crippen LogP) is 7.79. The Balaban J connectivity index is 0.000000241. The molecule has 1 aliphatic carbocycles. The summed E-state index contributed by atoms with van der Waals surface area (Å²) in [6, 6.07) is 12.4. The van der Waals surface area contributed by atoms with Crippen LogP contribution in [0.15, 0.2) is 53.6 Å². The van der Waals surface area contributed by atoms with E-state index in [1.165, 1.54) is 23.4 Å². The molecule has 0 bridgehead atoms. The molecule has 0 N–H and O–H groups in total. The van der Waals surface area contributed by atoms with Gasteiger partial charge in [0, 0.05) is 36.1 Å². The normalized spacial score (nSPS) is 15.1. The Labute approximate surface area is 251 Å². The first-order chi connectivity index (χ1) is 19.7. The minimum absolute atomic E-state index is 0.0233. The van der Waals surface area contributed by atoms with Crippen molar-refractivity contribution < 1.29 is 23.5 Å². The number of hydrogen-bond acceptors (Lipinski definition) is 5. The molecular formula is C32H36ClFN2O4S. The number of terminal acetylenes is 1. The molecule has 1 atom stereocenters. The number of carbonyl (C=O) groups is 3. The highest BCUT2D eigenvalue weighted by atomic mass is 35.5. The molecule has 218 valence electrons. The van der Waals surface area contributed by atoms with Gasteiger partial charge in [0.05, 0.1) is 10.7 Å². The van der Waals surface area contributed by atoms with Crippen LogP contribution in [-0.2, 0) is 15.3 Å². The van der Waals surface area contributed by atoms with Crippen molar-refractivity contribution in [1.29, 1.82) is 0 Å². The maximum Gasteiger partial charge on any atom is 0.281 e. The molecule has 4 rings (SSSR count). The van der Waals surface area contributed by atoms with Gasteiger partial charge in [-0.2, -0.15) is 0 Å². The Morgan fingerprint density at radius 1 is 1.10 bits per heavy atom. The highest BCUT2D eigenvalue weighted by Crippen LogP contribution is 2.39. The molecule has 0 saturated heterocycles. The Kier molecular flexibility index (Phi) is 12.3. The van der Waals surface area contributed by atoms with E-state index in [1.54, 1.807) is 6.92 Å². The van der Waals surface area contributed by atoms with E-state index in [9.17, 15) is 18.8 Å². The lowest BCUT2D eigenvalue weighted by Crippen LogP contribution is -2.32. The van der Waals surface area contributed by atoms with E-state index >= 15 is 0 Å². The third kappa shape index (κ3) is 8.37. The molecule has 0 radical (unpaired) electrons. The van der Waals surface area contributed by atoms with Crippen LogP contribution >= 0.6 is 23.4 Å². The van der Waals surface area contributed by atoms with Gasteiger partial charge >= 0.3 is 0 Å². The maximum atomic E-state index is 14.4. The first kappa shape index (κ1) is 32.2. The second-order valence-electron chi connectivity index (χ2n) is 9.80. The van der Waals surface area contributed by atoms with Gasteiger partial charge in [0.25, 0.3) is 17.1 Å². The van der Waals surface area contributed by atoms with Crippen LogP contribution in [0.4, 0.5) is 14.9 Å². The smallest absolute Gasteiger partial charge is 0.281 e. The number of imide groups is 1. The van der Waals surface area contributed by atoms with E-state index in [4.69, 9.17) is 22.8 Å². The highest BCUT2D eigenvalue weighted by molar-refractivity contribution is 8.12. The second-order valence-corrected chi connectivity index (χ2v) is 11.1. The summed E-state index contributed by atoms with van der Waals surface area (Å²) in [5.74, 6) is 1.57. The number of anilines is 1. The maximum absolute atomic E-state index is 14.4. The first-order valence-corrected chi connectivity index (χ1v) is 15.3. The van der Waals surface area contributed by atoms with Gasteiger partial charge in [-0.15, -0.1) is 6.42 Å². The second kappa shape index (κ2) is 15.6. The number of nitrogens with zero attached hydrogens (tertiary/aromatic N) is 2. The summed E-state index contributed by atoms with van der Waals surface area (Å²) in [4.78, 5) is 39.9. The molecule has 0 fully saturated rings. The number of carbonyl (C=O) groups excluding carboxylic acids is 3. The molecule has 0 aromatic heterocycles. The molecule has 0 spiro atoms. The number of benzene rings is 2. The zero-order valence-electron chi connectivity index (χ0n) is 23.8. The standard InChI is InChI=1S/C18H15ClFNO3.C14H21NOS/c1-3-10(2)24-16-9-15(14(20)8-13(16)19)21-17(22)11-6-4-5-7-12(11)18(21)23;1-3-10-15(11-4-2)14(16)17-12-13-8-6-5-7-9-13/h1,8-10H,4-7H2,2H3;5-9H,3-4,10-12H2,1-2H3. The van der Waals surface area contributed by atoms with E-state index in [-0.39, 0.29) is 21.7 Å². The summed E-state index contributed by atoms with van der Waals surface area (Å²) in [6.07, 6.45) is 9.52. The van der Waals surface area contributed by atoms with Gasteiger partial charge < -0.3 is 9.64 Å². The molecule has 41 heavy (non-hydrogen) atoms. The molecular weight excluding hydrogens is 563 g/mol. The lowest BCUT2D eigenvalue weighted by molar-refractivity contribution is -0.120. The Hall–Kier alpha value is -3.28. The summed E-state index contributed by atoms with van der Waals surface area (Å²) in [5.41, 5.74) is 2.02. The molecule has 1 unspecified atom stereocenters. The quantitative estimate of drug-likeness (QED) is 0.218. The van der Waals surface area contributed by atoms with Gasteiger partial charge in [0.15, 0.2) is 6.10 Å². The predicted molar refractivity (Wildman–Crippen MR) is 164 cm³/mol. The van der Waals surface area contributed by atoms with Crippen molar-refractivity contribution in [1.82, 2.24) is 4.90 Å². The lowest BCUT2D eigenvalue weighted by atomic mass is 9.93. The fourth-order valence-corrected chi connectivity index (χ4v) is 5.65. The van der Waals surface area contributed by atoms with Crippen molar-refractivity contribution >= 4 is 46.1 Å². The number of amides is 3. The zero-order chi connectivity index (χ0) is 29.9. The van der Waals surface area contributed by atoms with E-state index in [0.29, 0.717) is 24.0 Å². The van der Waals surface area contributed by atoms with Crippen LogP contribution in [-0.4, -0.2) is 41.1 Å². The van der Waals surface area contributed by atoms with Gasteiger partial charge in [-0.25, -0.2) is 9.29 Å². The molecule has 0 saturated carbocycles. The van der Waals surface area contributed by atoms with Crippen LogP contribution < -0.4 is 9.64 Å². The molecule has 1 heterocycles. The average Bonchev–Trinajstić information content (AvgIpc) is 3.23. The van der Waals surface area contributed by atoms with E-state index in [1.807, 2.05) is 23.1 Å². The van der Waals surface area contributed by atoms with Crippen molar-refractivity contribution in [3.8, 4) is 18.1 Å². The number of ether oxygens (including phenoxy) is 1. The molecule has 1 aliphatic heterocycles. The van der Waals surface area contributed by atoms with Crippen molar-refractivity contribution in [2.75, 3.05) is 18.0 Å². The monoisotopic (exact) mass is 598 g/mol. The first-order valence-electron chi connectivity index (χ1n) is 13.9. The topological polar surface area (TPSA) is 66.9 Å². The van der Waals surface area contributed by atoms with E-state index in [0.717, 1.165) is 55.5 Å². The van der Waals surface area contributed by atoms with E-state index < -0.39 is 23.7 Å². The fraction of sp³-hybridized carbons (Fsp3) is 0.406. The summed E-state index contributed by atoms with van der Waals surface area (Å²) in [7, 11) is 0. The number of halogens is 2. The Morgan fingerprint density at radius 2 is 1.68 bits per heavy atom. The third-order valence-electron chi connectivity index (χ3n) is 6.62. The van der Waals surface area contributed by atoms with Crippen LogP contribution in [0.2, 0.25) is 5.02 Å². The molecule has 2 aromatic carbocycles. The van der Waals surface area contributed by atoms with Crippen molar-refractivity contribution in [3.63, 3.8) is 0 Å². The van der Waals surface area contributed by atoms with Crippen LogP contribution in [0.25, 0.3) is 0 Å². The summed E-state index contributed by atoms with van der Waals surface area (Å²) >= 11 is 7.38. The minimum Gasteiger partial charge on any atom is -0.476 e. The summed E-state index contributed by atoms with van der Waals surface area (Å²) in [5, 5.41) is 0.229. The number of thioether (sulfide) groups is 1. The largest absolute Gasteiger partial charge is 0.476 e. The van der Waals surface area contributed by atoms with Crippen molar-refractivity contribution in [3.05, 3.63) is 70.0 Å². The molecule has 6 nitrogen and oxygen atoms in total. The molecule has 9 heteroatoms. The molecule has 2 aromatic rings.